The van der Waals surface area contributed by atoms with Gasteiger partial charge in [0.05, 0.1) is 30.2 Å². The van der Waals surface area contributed by atoms with Crippen molar-refractivity contribution in [2.75, 3.05) is 12.9 Å². The highest BCUT2D eigenvalue weighted by atomic mass is 32.2. The molecule has 1 amide bonds. The van der Waals surface area contributed by atoms with Crippen molar-refractivity contribution in [1.29, 1.82) is 0 Å². The number of rotatable bonds is 7. The zero-order valence-electron chi connectivity index (χ0n) is 20.1. The Morgan fingerprint density at radius 2 is 1.92 bits per heavy atom. The monoisotopic (exact) mass is 518 g/mol. The summed E-state index contributed by atoms with van der Waals surface area (Å²) in [6, 6.07) is 15.2. The van der Waals surface area contributed by atoms with Gasteiger partial charge in [0.1, 0.15) is 10.6 Å². The second kappa shape index (κ2) is 10.7. The first-order chi connectivity index (χ1) is 17.5. The summed E-state index contributed by atoms with van der Waals surface area (Å²) in [5.41, 5.74) is 6.34. The number of ether oxygens (including phenoxy) is 1. The number of amides is 1. The van der Waals surface area contributed by atoms with Crippen LogP contribution < -0.4 is 15.7 Å². The maximum absolute atomic E-state index is 13.8. The van der Waals surface area contributed by atoms with E-state index in [-0.39, 0.29) is 17.2 Å². The van der Waals surface area contributed by atoms with Gasteiger partial charge in [0.15, 0.2) is 5.16 Å². The number of aromatic nitrogens is 2. The van der Waals surface area contributed by atoms with Crippen LogP contribution in [0.4, 0.5) is 0 Å². The number of nitrogens with one attached hydrogen (secondary N) is 1. The molecular formula is C27H26N4O3S2. The van der Waals surface area contributed by atoms with Crippen molar-refractivity contribution in [3.8, 4) is 11.4 Å². The SMILES string of the molecule is COc1ccc(/C=N\NC(=O)CSc2nc3sc4c(c3c(=O)n2-c2ccc(C)cc2)CCCC4)cc1. The Morgan fingerprint density at radius 3 is 2.67 bits per heavy atom. The lowest BCUT2D eigenvalue weighted by atomic mass is 9.97. The standard InChI is InChI=1S/C27H26N4O3S2/c1-17-7-11-19(12-8-17)31-26(33)24-21-5-3-4-6-22(21)36-25(24)29-27(31)35-16-23(32)30-28-15-18-9-13-20(34-2)14-10-18/h7-15H,3-6,16H2,1-2H3,(H,30,32)/b28-15-. The Hall–Kier alpha value is -3.43. The number of carbonyl (C=O) groups is 1. The molecule has 0 spiro atoms. The number of aryl methyl sites for hydroxylation is 3. The van der Waals surface area contributed by atoms with Gasteiger partial charge in [-0.05, 0) is 80.1 Å². The molecule has 5 rings (SSSR count). The zero-order valence-corrected chi connectivity index (χ0v) is 21.7. The molecule has 0 saturated carbocycles. The van der Waals surface area contributed by atoms with Crippen molar-refractivity contribution in [3.63, 3.8) is 0 Å². The van der Waals surface area contributed by atoms with E-state index in [2.05, 4.69) is 10.5 Å². The Morgan fingerprint density at radius 1 is 1.17 bits per heavy atom. The van der Waals surface area contributed by atoms with Crippen LogP contribution in [0.25, 0.3) is 15.9 Å². The topological polar surface area (TPSA) is 85.6 Å². The molecule has 1 N–H and O–H groups in total. The van der Waals surface area contributed by atoms with E-state index >= 15 is 0 Å². The van der Waals surface area contributed by atoms with Crippen molar-refractivity contribution >= 4 is 45.4 Å². The number of nitrogens with zero attached hydrogens (tertiary/aromatic N) is 3. The molecule has 0 radical (unpaired) electrons. The first-order valence-electron chi connectivity index (χ1n) is 11.8. The smallest absolute Gasteiger partial charge is 0.267 e. The predicted octanol–water partition coefficient (Wildman–Crippen LogP) is 4.89. The molecule has 0 atom stereocenters. The van der Waals surface area contributed by atoms with Crippen LogP contribution in [0.1, 0.15) is 34.4 Å². The molecule has 184 valence electrons. The Balaban J connectivity index is 1.40. The van der Waals surface area contributed by atoms with E-state index in [0.717, 1.165) is 64.0 Å². The molecule has 0 unspecified atom stereocenters. The lowest BCUT2D eigenvalue weighted by Crippen LogP contribution is -2.24. The van der Waals surface area contributed by atoms with E-state index in [1.165, 1.54) is 16.6 Å². The van der Waals surface area contributed by atoms with Gasteiger partial charge >= 0.3 is 0 Å². The molecule has 0 fully saturated rings. The van der Waals surface area contributed by atoms with Crippen molar-refractivity contribution < 1.29 is 9.53 Å². The van der Waals surface area contributed by atoms with E-state index in [9.17, 15) is 9.59 Å². The summed E-state index contributed by atoms with van der Waals surface area (Å²) >= 11 is 2.85. The number of benzene rings is 2. The van der Waals surface area contributed by atoms with Crippen LogP contribution >= 0.6 is 23.1 Å². The fourth-order valence-corrected chi connectivity index (χ4v) is 6.34. The third-order valence-corrected chi connectivity index (χ3v) is 8.23. The van der Waals surface area contributed by atoms with Crippen LogP contribution in [0.5, 0.6) is 5.75 Å². The van der Waals surface area contributed by atoms with Crippen LogP contribution in [0, 0.1) is 6.92 Å². The average Bonchev–Trinajstić information content (AvgIpc) is 3.27. The van der Waals surface area contributed by atoms with Crippen molar-refractivity contribution in [1.82, 2.24) is 15.0 Å². The first-order valence-corrected chi connectivity index (χ1v) is 13.6. The van der Waals surface area contributed by atoms with Crippen LogP contribution in [0.3, 0.4) is 0 Å². The normalized spacial score (nSPS) is 13.2. The molecule has 36 heavy (non-hydrogen) atoms. The summed E-state index contributed by atoms with van der Waals surface area (Å²) in [4.78, 5) is 33.2. The molecule has 0 aliphatic heterocycles. The molecule has 4 aromatic rings. The van der Waals surface area contributed by atoms with Gasteiger partial charge in [-0.3, -0.25) is 14.2 Å². The summed E-state index contributed by atoms with van der Waals surface area (Å²) < 4.78 is 6.79. The number of methoxy groups -OCH3 is 1. The number of thioether (sulfide) groups is 1. The highest BCUT2D eigenvalue weighted by Crippen LogP contribution is 2.35. The van der Waals surface area contributed by atoms with Gasteiger partial charge in [0.2, 0.25) is 0 Å². The quantitative estimate of drug-likeness (QED) is 0.163. The van der Waals surface area contributed by atoms with Crippen LogP contribution in [-0.2, 0) is 17.6 Å². The molecule has 1 aliphatic rings. The van der Waals surface area contributed by atoms with Gasteiger partial charge in [0, 0.05) is 4.88 Å². The summed E-state index contributed by atoms with van der Waals surface area (Å²) in [5, 5.41) is 5.28. The zero-order chi connectivity index (χ0) is 25.1. The van der Waals surface area contributed by atoms with Crippen LogP contribution in [-0.4, -0.2) is 34.5 Å². The van der Waals surface area contributed by atoms with Gasteiger partial charge in [-0.1, -0.05) is 29.5 Å². The Bertz CT molecular complexity index is 1490. The van der Waals surface area contributed by atoms with Crippen molar-refractivity contribution in [3.05, 3.63) is 80.5 Å². The molecule has 2 aromatic carbocycles. The largest absolute Gasteiger partial charge is 0.497 e. The summed E-state index contributed by atoms with van der Waals surface area (Å²) in [6.45, 7) is 2.01. The minimum absolute atomic E-state index is 0.0660. The molecule has 2 aromatic heterocycles. The van der Waals surface area contributed by atoms with Crippen LogP contribution in [0.15, 0.2) is 63.6 Å². The predicted molar refractivity (Wildman–Crippen MR) is 146 cm³/mol. The molecule has 9 heteroatoms. The number of carbonyl (C=O) groups excluding carboxylic acids is 1. The highest BCUT2D eigenvalue weighted by Gasteiger charge is 2.23. The van der Waals surface area contributed by atoms with Gasteiger partial charge in [-0.25, -0.2) is 10.4 Å². The fourth-order valence-electron chi connectivity index (χ4n) is 4.24. The van der Waals surface area contributed by atoms with E-state index in [0.29, 0.717) is 5.16 Å². The third-order valence-electron chi connectivity index (χ3n) is 6.10. The second-order valence-electron chi connectivity index (χ2n) is 8.62. The van der Waals surface area contributed by atoms with Gasteiger partial charge in [-0.2, -0.15) is 5.10 Å². The lowest BCUT2D eigenvalue weighted by Gasteiger charge is -2.13. The van der Waals surface area contributed by atoms with E-state index in [4.69, 9.17) is 9.72 Å². The Kier molecular flexibility index (Phi) is 7.20. The second-order valence-corrected chi connectivity index (χ2v) is 10.6. The number of fused-ring (bicyclic) bond motifs is 3. The van der Waals surface area contributed by atoms with Gasteiger partial charge < -0.3 is 4.74 Å². The van der Waals surface area contributed by atoms with Crippen molar-refractivity contribution in [2.45, 2.75) is 37.8 Å². The number of hydrogen-bond acceptors (Lipinski definition) is 7. The lowest BCUT2D eigenvalue weighted by molar-refractivity contribution is -0.118. The summed E-state index contributed by atoms with van der Waals surface area (Å²) in [7, 11) is 1.61. The van der Waals surface area contributed by atoms with E-state index in [1.54, 1.807) is 29.2 Å². The minimum atomic E-state index is -0.278. The van der Waals surface area contributed by atoms with E-state index < -0.39 is 0 Å². The Labute approximate surface area is 217 Å². The summed E-state index contributed by atoms with van der Waals surface area (Å²) in [5.74, 6) is 0.554. The van der Waals surface area contributed by atoms with E-state index in [1.807, 2.05) is 55.5 Å². The van der Waals surface area contributed by atoms with Gasteiger partial charge in [0.25, 0.3) is 11.5 Å². The number of hydrazone groups is 1. The molecule has 2 heterocycles. The molecule has 0 bridgehead atoms. The summed E-state index contributed by atoms with van der Waals surface area (Å²) in [6.07, 6.45) is 5.73. The third kappa shape index (κ3) is 5.08. The minimum Gasteiger partial charge on any atom is -0.497 e. The average molecular weight is 519 g/mol. The van der Waals surface area contributed by atoms with Gasteiger partial charge in [-0.15, -0.1) is 11.3 Å². The molecule has 7 nitrogen and oxygen atoms in total. The molecular weight excluding hydrogens is 492 g/mol. The number of hydrogen-bond donors (Lipinski definition) is 1. The number of thiophene rings is 1. The maximum Gasteiger partial charge on any atom is 0.267 e. The highest BCUT2D eigenvalue weighted by molar-refractivity contribution is 7.99. The van der Waals surface area contributed by atoms with Crippen LogP contribution in [0.2, 0.25) is 0 Å². The fraction of sp³-hybridized carbons (Fsp3) is 0.259. The maximum atomic E-state index is 13.8. The molecule has 1 aliphatic carbocycles. The van der Waals surface area contributed by atoms with Crippen molar-refractivity contribution in [2.24, 2.45) is 5.10 Å². The molecule has 0 saturated heterocycles. The first kappa shape index (κ1) is 24.3.